The van der Waals surface area contributed by atoms with E-state index in [1.54, 1.807) is 12.1 Å². The van der Waals surface area contributed by atoms with Gasteiger partial charge in [0.25, 0.3) is 0 Å². The van der Waals surface area contributed by atoms with E-state index >= 15 is 0 Å². The summed E-state index contributed by atoms with van der Waals surface area (Å²) < 4.78 is 38.0. The van der Waals surface area contributed by atoms with Gasteiger partial charge in [-0.15, -0.1) is 0 Å². The smallest absolute Gasteiger partial charge is 0.246 e. The molecule has 2 aromatic rings. The summed E-state index contributed by atoms with van der Waals surface area (Å²) in [6.45, 7) is 0.174. The molecule has 7 heteroatoms. The number of sulfonamides is 1. The van der Waals surface area contributed by atoms with Gasteiger partial charge in [0.05, 0.1) is 6.20 Å². The fourth-order valence-corrected chi connectivity index (χ4v) is 2.56. The first-order chi connectivity index (χ1) is 8.50. The highest BCUT2D eigenvalue weighted by molar-refractivity contribution is 7.89. The Morgan fingerprint density at radius 2 is 2.00 bits per heavy atom. The average molecular weight is 269 g/mol. The monoisotopic (exact) mass is 269 g/mol. The SMILES string of the molecule is CN(Cc1ccc(F)cc1)S(=O)(=O)c1cn[nH]c1. The number of halogens is 1. The lowest BCUT2D eigenvalue weighted by atomic mass is 10.2. The third kappa shape index (κ3) is 2.57. The summed E-state index contributed by atoms with van der Waals surface area (Å²) in [5.41, 5.74) is 0.714. The lowest BCUT2D eigenvalue weighted by Gasteiger charge is -2.15. The molecule has 0 aliphatic rings. The van der Waals surface area contributed by atoms with Crippen molar-refractivity contribution in [3.8, 4) is 0 Å². The molecular formula is C11H12FN3O2S. The number of nitrogens with one attached hydrogen (secondary N) is 1. The van der Waals surface area contributed by atoms with Crippen LogP contribution in [0.15, 0.2) is 41.6 Å². The Labute approximate surface area is 104 Å². The number of H-pyrrole nitrogens is 1. The highest BCUT2D eigenvalue weighted by atomic mass is 32.2. The van der Waals surface area contributed by atoms with Crippen LogP contribution in [0.1, 0.15) is 5.56 Å². The number of hydrogen-bond donors (Lipinski definition) is 1. The van der Waals surface area contributed by atoms with Crippen LogP contribution >= 0.6 is 0 Å². The van der Waals surface area contributed by atoms with Gasteiger partial charge in [-0.2, -0.15) is 9.40 Å². The van der Waals surface area contributed by atoms with E-state index in [4.69, 9.17) is 0 Å². The Hall–Kier alpha value is -1.73. The summed E-state index contributed by atoms with van der Waals surface area (Å²) in [4.78, 5) is 0.104. The van der Waals surface area contributed by atoms with Gasteiger partial charge >= 0.3 is 0 Å². The molecule has 0 atom stereocenters. The van der Waals surface area contributed by atoms with Gasteiger partial charge in [0, 0.05) is 19.8 Å². The molecule has 0 saturated heterocycles. The second-order valence-corrected chi connectivity index (χ2v) is 5.87. The molecule has 0 unspecified atom stereocenters. The Morgan fingerprint density at radius 1 is 1.33 bits per heavy atom. The summed E-state index contributed by atoms with van der Waals surface area (Å²) in [6, 6.07) is 5.70. The van der Waals surface area contributed by atoms with Crippen molar-refractivity contribution in [2.45, 2.75) is 11.4 Å². The second-order valence-electron chi connectivity index (χ2n) is 3.82. The zero-order valence-corrected chi connectivity index (χ0v) is 10.5. The fourth-order valence-electron chi connectivity index (χ4n) is 1.49. The Morgan fingerprint density at radius 3 is 2.56 bits per heavy atom. The van der Waals surface area contributed by atoms with E-state index in [0.717, 1.165) is 0 Å². The van der Waals surface area contributed by atoms with Crippen LogP contribution in [0.5, 0.6) is 0 Å². The van der Waals surface area contributed by atoms with Crippen LogP contribution in [0.2, 0.25) is 0 Å². The largest absolute Gasteiger partial charge is 0.284 e. The summed E-state index contributed by atoms with van der Waals surface area (Å²) in [5, 5.41) is 6.07. The molecule has 1 heterocycles. The lowest BCUT2D eigenvalue weighted by Crippen LogP contribution is -2.26. The van der Waals surface area contributed by atoms with Crippen molar-refractivity contribution in [1.29, 1.82) is 0 Å². The van der Waals surface area contributed by atoms with Crippen molar-refractivity contribution in [3.05, 3.63) is 48.0 Å². The molecule has 1 aromatic heterocycles. The summed E-state index contributed by atoms with van der Waals surface area (Å²) in [6.07, 6.45) is 2.56. The van der Waals surface area contributed by atoms with Crippen molar-refractivity contribution < 1.29 is 12.8 Å². The van der Waals surface area contributed by atoms with Crippen LogP contribution in [-0.2, 0) is 16.6 Å². The minimum absolute atomic E-state index is 0.104. The molecule has 96 valence electrons. The Kier molecular flexibility index (Phi) is 3.44. The minimum atomic E-state index is -3.56. The van der Waals surface area contributed by atoms with Gasteiger partial charge in [0.1, 0.15) is 10.7 Å². The first-order valence-electron chi connectivity index (χ1n) is 5.20. The predicted octanol–water partition coefficient (Wildman–Crippen LogP) is 1.37. The van der Waals surface area contributed by atoms with Gasteiger partial charge in [-0.25, -0.2) is 12.8 Å². The molecule has 1 N–H and O–H groups in total. The Balaban J connectivity index is 2.17. The molecule has 2 rings (SSSR count). The van der Waals surface area contributed by atoms with Crippen LogP contribution in [0, 0.1) is 5.82 Å². The molecule has 0 aliphatic heterocycles. The number of benzene rings is 1. The minimum Gasteiger partial charge on any atom is -0.284 e. The molecule has 1 aromatic carbocycles. The standard InChI is InChI=1S/C11H12FN3O2S/c1-15(8-9-2-4-10(12)5-3-9)18(16,17)11-6-13-14-7-11/h2-7H,8H2,1H3,(H,13,14). The molecule has 0 radical (unpaired) electrons. The summed E-state index contributed by atoms with van der Waals surface area (Å²) >= 11 is 0. The van der Waals surface area contributed by atoms with E-state index in [1.165, 1.54) is 35.9 Å². The van der Waals surface area contributed by atoms with E-state index in [9.17, 15) is 12.8 Å². The first-order valence-corrected chi connectivity index (χ1v) is 6.64. The van der Waals surface area contributed by atoms with Crippen molar-refractivity contribution >= 4 is 10.0 Å². The normalized spacial score (nSPS) is 11.9. The maximum atomic E-state index is 12.7. The van der Waals surface area contributed by atoms with Crippen LogP contribution in [0.3, 0.4) is 0 Å². The number of hydrogen-bond acceptors (Lipinski definition) is 3. The zero-order chi connectivity index (χ0) is 13.2. The van der Waals surface area contributed by atoms with Crippen LogP contribution < -0.4 is 0 Å². The van der Waals surface area contributed by atoms with Gasteiger partial charge in [0.15, 0.2) is 0 Å². The van der Waals surface area contributed by atoms with E-state index in [2.05, 4.69) is 10.2 Å². The van der Waals surface area contributed by atoms with Gasteiger partial charge in [-0.1, -0.05) is 12.1 Å². The zero-order valence-electron chi connectivity index (χ0n) is 9.67. The topological polar surface area (TPSA) is 66.1 Å². The van der Waals surface area contributed by atoms with E-state index < -0.39 is 10.0 Å². The predicted molar refractivity (Wildman–Crippen MR) is 63.6 cm³/mol. The number of rotatable bonds is 4. The molecule has 18 heavy (non-hydrogen) atoms. The number of aromatic nitrogens is 2. The number of aromatic amines is 1. The van der Waals surface area contributed by atoms with Gasteiger partial charge in [-0.3, -0.25) is 5.10 Å². The first kappa shape index (κ1) is 12.7. The molecule has 0 aliphatic carbocycles. The third-order valence-corrected chi connectivity index (χ3v) is 4.27. The maximum absolute atomic E-state index is 12.7. The van der Waals surface area contributed by atoms with Gasteiger partial charge < -0.3 is 0 Å². The quantitative estimate of drug-likeness (QED) is 0.911. The molecule has 0 amide bonds. The lowest BCUT2D eigenvalue weighted by molar-refractivity contribution is 0.466. The van der Waals surface area contributed by atoms with Gasteiger partial charge in [-0.05, 0) is 17.7 Å². The molecule has 0 spiro atoms. The summed E-state index contributed by atoms with van der Waals surface area (Å²) in [7, 11) is -2.09. The van der Waals surface area contributed by atoms with Crippen LogP contribution in [0.25, 0.3) is 0 Å². The van der Waals surface area contributed by atoms with Crippen molar-refractivity contribution in [2.24, 2.45) is 0 Å². The molecule has 0 saturated carbocycles. The highest BCUT2D eigenvalue weighted by Gasteiger charge is 2.21. The molecule has 5 nitrogen and oxygen atoms in total. The van der Waals surface area contributed by atoms with E-state index in [1.807, 2.05) is 0 Å². The second kappa shape index (κ2) is 4.87. The van der Waals surface area contributed by atoms with Gasteiger partial charge in [0.2, 0.25) is 10.0 Å². The molecule has 0 bridgehead atoms. The number of nitrogens with zero attached hydrogens (tertiary/aromatic N) is 2. The maximum Gasteiger partial charge on any atom is 0.246 e. The molecule has 0 fully saturated rings. The molecular weight excluding hydrogens is 257 g/mol. The third-order valence-electron chi connectivity index (χ3n) is 2.50. The fraction of sp³-hybridized carbons (Fsp3) is 0.182. The van der Waals surface area contributed by atoms with Crippen molar-refractivity contribution in [2.75, 3.05) is 7.05 Å². The van der Waals surface area contributed by atoms with Crippen molar-refractivity contribution in [3.63, 3.8) is 0 Å². The van der Waals surface area contributed by atoms with Crippen LogP contribution in [0.4, 0.5) is 4.39 Å². The van der Waals surface area contributed by atoms with Crippen LogP contribution in [-0.4, -0.2) is 30.0 Å². The van der Waals surface area contributed by atoms with Crippen molar-refractivity contribution in [1.82, 2.24) is 14.5 Å². The van der Waals surface area contributed by atoms with E-state index in [-0.39, 0.29) is 17.3 Å². The highest BCUT2D eigenvalue weighted by Crippen LogP contribution is 2.15. The summed E-state index contributed by atoms with van der Waals surface area (Å²) in [5.74, 6) is -0.348. The average Bonchev–Trinajstić information content (AvgIpc) is 2.86. The Bertz CT molecular complexity index is 608. The van der Waals surface area contributed by atoms with E-state index in [0.29, 0.717) is 5.56 Å².